The minimum atomic E-state index is 0.637. The Bertz CT molecular complexity index is 788. The molecule has 0 saturated carbocycles. The molecule has 0 aliphatic carbocycles. The second-order valence-electron chi connectivity index (χ2n) is 7.07. The van der Waals surface area contributed by atoms with Crippen LogP contribution in [-0.2, 0) is 24.4 Å². The van der Waals surface area contributed by atoms with Gasteiger partial charge in [0.25, 0.3) is 0 Å². The first-order valence-corrected chi connectivity index (χ1v) is 10.3. The van der Waals surface area contributed by atoms with Gasteiger partial charge in [-0.25, -0.2) is 4.99 Å². The summed E-state index contributed by atoms with van der Waals surface area (Å²) >= 11 is 0. The lowest BCUT2D eigenvalue weighted by Crippen LogP contribution is -2.36. The molecule has 0 spiro atoms. The van der Waals surface area contributed by atoms with Crippen LogP contribution in [0, 0.1) is 0 Å². The molecule has 6 nitrogen and oxygen atoms in total. The highest BCUT2D eigenvalue weighted by atomic mass is 16.5. The summed E-state index contributed by atoms with van der Waals surface area (Å²) in [6.07, 6.45) is 0. The average molecular weight is 397 g/mol. The molecule has 0 amide bonds. The van der Waals surface area contributed by atoms with Crippen molar-refractivity contribution in [2.45, 2.75) is 26.6 Å². The average Bonchev–Trinajstić information content (AvgIpc) is 2.77. The van der Waals surface area contributed by atoms with E-state index >= 15 is 0 Å². The van der Waals surface area contributed by atoms with Crippen molar-refractivity contribution in [1.29, 1.82) is 0 Å². The number of hydrogen-bond donors (Lipinski definition) is 2. The molecule has 156 valence electrons. The van der Waals surface area contributed by atoms with E-state index in [1.54, 1.807) is 7.11 Å². The molecule has 6 heteroatoms. The van der Waals surface area contributed by atoms with Gasteiger partial charge in [-0.15, -0.1) is 0 Å². The molecule has 3 rings (SSSR count). The summed E-state index contributed by atoms with van der Waals surface area (Å²) < 4.78 is 10.9. The fourth-order valence-electron chi connectivity index (χ4n) is 3.38. The summed E-state index contributed by atoms with van der Waals surface area (Å²) in [5, 5.41) is 6.72. The van der Waals surface area contributed by atoms with Crippen LogP contribution in [0.4, 0.5) is 0 Å². The van der Waals surface area contributed by atoms with Gasteiger partial charge in [0.05, 0.1) is 26.9 Å². The van der Waals surface area contributed by atoms with Crippen molar-refractivity contribution < 1.29 is 9.47 Å². The number of methoxy groups -OCH3 is 1. The molecule has 0 unspecified atom stereocenters. The number of aliphatic imine (C=N–C) groups is 1. The number of para-hydroxylation sites is 1. The summed E-state index contributed by atoms with van der Waals surface area (Å²) in [6, 6.07) is 16.7. The second kappa shape index (κ2) is 11.4. The third kappa shape index (κ3) is 6.76. The number of nitrogens with zero attached hydrogens (tertiary/aromatic N) is 2. The molecule has 0 radical (unpaired) electrons. The number of rotatable bonds is 8. The smallest absolute Gasteiger partial charge is 0.191 e. The molecule has 0 aromatic heterocycles. The highest BCUT2D eigenvalue weighted by Gasteiger charge is 2.10. The maximum Gasteiger partial charge on any atom is 0.191 e. The number of ether oxygens (including phenoxy) is 2. The first-order chi connectivity index (χ1) is 14.3. The Morgan fingerprint density at radius 2 is 1.86 bits per heavy atom. The summed E-state index contributed by atoms with van der Waals surface area (Å²) in [5.41, 5.74) is 3.64. The van der Waals surface area contributed by atoms with E-state index in [1.807, 2.05) is 18.2 Å². The molecule has 1 aliphatic rings. The van der Waals surface area contributed by atoms with Gasteiger partial charge in [-0.3, -0.25) is 4.90 Å². The highest BCUT2D eigenvalue weighted by molar-refractivity contribution is 5.79. The van der Waals surface area contributed by atoms with Crippen molar-refractivity contribution in [2.75, 3.05) is 40.0 Å². The zero-order chi connectivity index (χ0) is 20.3. The van der Waals surface area contributed by atoms with E-state index in [4.69, 9.17) is 14.5 Å². The molecule has 1 aliphatic heterocycles. The third-order valence-electron chi connectivity index (χ3n) is 4.90. The molecule has 2 aromatic rings. The van der Waals surface area contributed by atoms with Crippen LogP contribution in [0.3, 0.4) is 0 Å². The predicted molar refractivity (Wildman–Crippen MR) is 117 cm³/mol. The summed E-state index contributed by atoms with van der Waals surface area (Å²) in [7, 11) is 1.70. The number of nitrogens with one attached hydrogen (secondary N) is 2. The van der Waals surface area contributed by atoms with Crippen LogP contribution in [0.25, 0.3) is 0 Å². The molecular formula is C23H32N4O2. The van der Waals surface area contributed by atoms with Crippen LogP contribution >= 0.6 is 0 Å². The van der Waals surface area contributed by atoms with Crippen LogP contribution in [0.15, 0.2) is 53.5 Å². The van der Waals surface area contributed by atoms with Crippen LogP contribution in [0.2, 0.25) is 0 Å². The molecule has 2 N–H and O–H groups in total. The molecular weight excluding hydrogens is 364 g/mol. The lowest BCUT2D eigenvalue weighted by atomic mass is 10.1. The molecule has 2 aromatic carbocycles. The second-order valence-corrected chi connectivity index (χ2v) is 7.07. The topological polar surface area (TPSA) is 58.1 Å². The minimum Gasteiger partial charge on any atom is -0.496 e. The minimum absolute atomic E-state index is 0.637. The van der Waals surface area contributed by atoms with Gasteiger partial charge in [-0.1, -0.05) is 42.5 Å². The van der Waals surface area contributed by atoms with Gasteiger partial charge >= 0.3 is 0 Å². The molecule has 1 fully saturated rings. The van der Waals surface area contributed by atoms with Crippen molar-refractivity contribution in [3.8, 4) is 5.75 Å². The summed E-state index contributed by atoms with van der Waals surface area (Å²) in [5.74, 6) is 1.68. The number of guanidine groups is 1. The lowest BCUT2D eigenvalue weighted by molar-refractivity contribution is 0.0342. The Morgan fingerprint density at radius 1 is 1.07 bits per heavy atom. The van der Waals surface area contributed by atoms with Gasteiger partial charge in [0.2, 0.25) is 0 Å². The van der Waals surface area contributed by atoms with E-state index in [0.717, 1.165) is 56.7 Å². The highest BCUT2D eigenvalue weighted by Crippen LogP contribution is 2.16. The maximum atomic E-state index is 5.44. The Labute approximate surface area is 173 Å². The quantitative estimate of drug-likeness (QED) is 0.531. The van der Waals surface area contributed by atoms with Gasteiger partial charge in [-0.2, -0.15) is 0 Å². The molecule has 29 heavy (non-hydrogen) atoms. The fourth-order valence-corrected chi connectivity index (χ4v) is 3.38. The van der Waals surface area contributed by atoms with Gasteiger partial charge in [-0.05, 0) is 24.1 Å². The molecule has 0 bridgehead atoms. The zero-order valence-electron chi connectivity index (χ0n) is 17.5. The van der Waals surface area contributed by atoms with E-state index in [9.17, 15) is 0 Å². The van der Waals surface area contributed by atoms with E-state index in [1.165, 1.54) is 11.1 Å². The first-order valence-electron chi connectivity index (χ1n) is 10.3. The normalized spacial score (nSPS) is 15.2. The van der Waals surface area contributed by atoms with Crippen molar-refractivity contribution in [3.63, 3.8) is 0 Å². The molecule has 1 heterocycles. The van der Waals surface area contributed by atoms with Gasteiger partial charge in [0.15, 0.2) is 5.96 Å². The van der Waals surface area contributed by atoms with Crippen LogP contribution in [0.5, 0.6) is 5.75 Å². The number of morpholine rings is 1. The Morgan fingerprint density at radius 3 is 2.66 bits per heavy atom. The van der Waals surface area contributed by atoms with Gasteiger partial charge in [0, 0.05) is 38.3 Å². The van der Waals surface area contributed by atoms with Crippen LogP contribution in [-0.4, -0.2) is 50.8 Å². The lowest BCUT2D eigenvalue weighted by Gasteiger charge is -2.26. The first kappa shape index (κ1) is 21.1. The number of benzene rings is 2. The Balaban J connectivity index is 1.59. The monoisotopic (exact) mass is 396 g/mol. The Kier molecular flexibility index (Phi) is 8.34. The molecule has 0 atom stereocenters. The molecule has 1 saturated heterocycles. The summed E-state index contributed by atoms with van der Waals surface area (Å²) in [6.45, 7) is 8.80. The van der Waals surface area contributed by atoms with Crippen molar-refractivity contribution >= 4 is 5.96 Å². The van der Waals surface area contributed by atoms with Crippen LogP contribution in [0.1, 0.15) is 23.6 Å². The van der Waals surface area contributed by atoms with Gasteiger partial charge < -0.3 is 20.1 Å². The van der Waals surface area contributed by atoms with E-state index in [-0.39, 0.29) is 0 Å². The maximum absolute atomic E-state index is 5.44. The van der Waals surface area contributed by atoms with E-state index in [0.29, 0.717) is 13.1 Å². The van der Waals surface area contributed by atoms with Crippen molar-refractivity contribution in [2.24, 2.45) is 4.99 Å². The SMILES string of the molecule is CCNC(=NCc1cccc(CN2CCOCC2)c1)NCc1ccccc1OC. The Hall–Kier alpha value is -2.57. The van der Waals surface area contributed by atoms with Crippen molar-refractivity contribution in [3.05, 3.63) is 65.2 Å². The largest absolute Gasteiger partial charge is 0.496 e. The fraction of sp³-hybridized carbons (Fsp3) is 0.435. The van der Waals surface area contributed by atoms with Crippen molar-refractivity contribution in [1.82, 2.24) is 15.5 Å². The van der Waals surface area contributed by atoms with E-state index in [2.05, 4.69) is 52.8 Å². The zero-order valence-corrected chi connectivity index (χ0v) is 17.5. The van der Waals surface area contributed by atoms with Gasteiger partial charge in [0.1, 0.15) is 5.75 Å². The predicted octanol–water partition coefficient (Wildman–Crippen LogP) is 2.78. The third-order valence-corrected chi connectivity index (χ3v) is 4.90. The summed E-state index contributed by atoms with van der Waals surface area (Å²) in [4.78, 5) is 7.20. The van der Waals surface area contributed by atoms with E-state index < -0.39 is 0 Å². The number of hydrogen-bond acceptors (Lipinski definition) is 4. The standard InChI is InChI=1S/C23H32N4O2/c1-3-24-23(26-17-21-9-4-5-10-22(21)28-2)25-16-19-7-6-8-20(15-19)18-27-11-13-29-14-12-27/h4-10,15H,3,11-14,16-18H2,1-2H3,(H2,24,25,26). The van der Waals surface area contributed by atoms with Crippen LogP contribution < -0.4 is 15.4 Å².